The quantitative estimate of drug-likeness (QED) is 0.326. The highest BCUT2D eigenvalue weighted by Crippen LogP contribution is 2.45. The molecule has 3 rings (SSSR count). The molecule has 2 aliphatic rings. The second-order valence-corrected chi connectivity index (χ2v) is 10.9. The Morgan fingerprint density at radius 1 is 0.839 bits per heavy atom. The molecule has 1 aromatic rings. The Morgan fingerprint density at radius 2 is 1.48 bits per heavy atom. The van der Waals surface area contributed by atoms with Gasteiger partial charge in [-0.15, -0.1) is 0 Å². The zero-order valence-corrected chi connectivity index (χ0v) is 20.5. The number of nitrogens with zero attached hydrogens (tertiary/aromatic N) is 1. The van der Waals surface area contributed by atoms with Crippen molar-refractivity contribution in [1.29, 1.82) is 5.26 Å². The van der Waals surface area contributed by atoms with Gasteiger partial charge in [-0.1, -0.05) is 102 Å². The summed E-state index contributed by atoms with van der Waals surface area (Å²) in [4.78, 5) is 0. The minimum Gasteiger partial charge on any atom is -0.198 e. The smallest absolute Gasteiger partial charge is 0.0689 e. The third-order valence-corrected chi connectivity index (χ3v) is 8.77. The molecule has 0 saturated heterocycles. The van der Waals surface area contributed by atoms with Gasteiger partial charge < -0.3 is 0 Å². The van der Waals surface area contributed by atoms with Crippen LogP contribution in [0.25, 0.3) is 0 Å². The van der Waals surface area contributed by atoms with E-state index in [4.69, 9.17) is 0 Å². The van der Waals surface area contributed by atoms with Gasteiger partial charge in [-0.3, -0.25) is 0 Å². The number of unbranched alkanes of at least 4 members (excludes halogenated alkanes) is 4. The molecule has 0 aliphatic heterocycles. The average Bonchev–Trinajstić information content (AvgIpc) is 2.84. The first-order valence-corrected chi connectivity index (χ1v) is 13.7. The maximum Gasteiger partial charge on any atom is 0.0689 e. The van der Waals surface area contributed by atoms with Crippen molar-refractivity contribution < 1.29 is 0 Å². The van der Waals surface area contributed by atoms with E-state index in [0.29, 0.717) is 5.92 Å². The van der Waals surface area contributed by atoms with E-state index in [2.05, 4.69) is 44.2 Å². The van der Waals surface area contributed by atoms with Crippen LogP contribution in [-0.4, -0.2) is 0 Å². The van der Waals surface area contributed by atoms with Gasteiger partial charge in [0.05, 0.1) is 11.5 Å². The van der Waals surface area contributed by atoms with Gasteiger partial charge in [-0.05, 0) is 73.8 Å². The largest absolute Gasteiger partial charge is 0.198 e. The Bertz CT molecular complexity index is 651. The van der Waals surface area contributed by atoms with E-state index in [0.717, 1.165) is 31.1 Å². The molecule has 0 atom stereocenters. The standard InChI is InChI=1S/C30H47N/c1-3-5-6-7-8-21-30(24-31)22-19-29(20-23-30)28-17-15-27(16-18-28)14-13-26-11-9-25(4-2)10-12-26/h15-18,25-26,29H,3-14,19-23H2,1-2H3/t25-,26-,29?,30?. The lowest BCUT2D eigenvalue weighted by Crippen LogP contribution is -2.25. The van der Waals surface area contributed by atoms with E-state index in [1.54, 1.807) is 0 Å². The highest BCUT2D eigenvalue weighted by atomic mass is 14.4. The van der Waals surface area contributed by atoms with Gasteiger partial charge in [0.25, 0.3) is 0 Å². The van der Waals surface area contributed by atoms with E-state index in [1.807, 2.05) is 0 Å². The van der Waals surface area contributed by atoms with Gasteiger partial charge >= 0.3 is 0 Å². The SMILES string of the molecule is CCCCCCCC1(C#N)CCC(c2ccc(CC[C@H]3CC[C@H](CC)CC3)cc2)CC1. The number of nitriles is 1. The Balaban J connectivity index is 1.41. The summed E-state index contributed by atoms with van der Waals surface area (Å²) >= 11 is 0. The van der Waals surface area contributed by atoms with Crippen LogP contribution >= 0.6 is 0 Å². The van der Waals surface area contributed by atoms with E-state index < -0.39 is 0 Å². The van der Waals surface area contributed by atoms with Crippen LogP contribution in [-0.2, 0) is 6.42 Å². The van der Waals surface area contributed by atoms with Gasteiger partial charge in [-0.25, -0.2) is 0 Å². The van der Waals surface area contributed by atoms with E-state index >= 15 is 0 Å². The van der Waals surface area contributed by atoms with Crippen molar-refractivity contribution in [1.82, 2.24) is 0 Å². The Hall–Kier alpha value is -1.29. The molecule has 31 heavy (non-hydrogen) atoms. The van der Waals surface area contributed by atoms with Crippen LogP contribution in [0.15, 0.2) is 24.3 Å². The van der Waals surface area contributed by atoms with Crippen molar-refractivity contribution in [3.05, 3.63) is 35.4 Å². The van der Waals surface area contributed by atoms with Crippen molar-refractivity contribution in [2.45, 2.75) is 129 Å². The predicted octanol–water partition coefficient (Wildman–Crippen LogP) is 9.36. The molecule has 1 aromatic carbocycles. The van der Waals surface area contributed by atoms with E-state index in [1.165, 1.54) is 101 Å². The van der Waals surface area contributed by atoms with Gasteiger partial charge in [0.1, 0.15) is 0 Å². The summed E-state index contributed by atoms with van der Waals surface area (Å²) in [5.74, 6) is 2.63. The molecule has 0 aromatic heterocycles. The normalized spacial score (nSPS) is 28.9. The minimum atomic E-state index is -0.0283. The molecule has 0 unspecified atom stereocenters. The third kappa shape index (κ3) is 7.37. The molecule has 2 aliphatic carbocycles. The molecule has 172 valence electrons. The summed E-state index contributed by atoms with van der Waals surface area (Å²) in [7, 11) is 0. The van der Waals surface area contributed by atoms with E-state index in [-0.39, 0.29) is 5.41 Å². The average molecular weight is 422 g/mol. The summed E-state index contributed by atoms with van der Waals surface area (Å²) in [5.41, 5.74) is 3.01. The summed E-state index contributed by atoms with van der Waals surface area (Å²) in [6.07, 6.45) is 22.1. The van der Waals surface area contributed by atoms with Gasteiger partial charge in [0, 0.05) is 0 Å². The van der Waals surface area contributed by atoms with Crippen molar-refractivity contribution in [3.63, 3.8) is 0 Å². The zero-order valence-electron chi connectivity index (χ0n) is 20.5. The van der Waals surface area contributed by atoms with Crippen LogP contribution in [0.1, 0.15) is 134 Å². The topological polar surface area (TPSA) is 23.8 Å². The molecule has 0 N–H and O–H groups in total. The molecule has 0 radical (unpaired) electrons. The lowest BCUT2D eigenvalue weighted by molar-refractivity contribution is 0.223. The highest BCUT2D eigenvalue weighted by molar-refractivity contribution is 5.26. The van der Waals surface area contributed by atoms with E-state index in [9.17, 15) is 5.26 Å². The first-order valence-electron chi connectivity index (χ1n) is 13.7. The monoisotopic (exact) mass is 421 g/mol. The molecular weight excluding hydrogens is 374 g/mol. The van der Waals surface area contributed by atoms with Crippen molar-refractivity contribution >= 4 is 0 Å². The molecule has 0 spiro atoms. The fourth-order valence-electron chi connectivity index (χ4n) is 6.24. The fraction of sp³-hybridized carbons (Fsp3) is 0.767. The Kier molecular flexibility index (Phi) is 9.95. The lowest BCUT2D eigenvalue weighted by atomic mass is 9.67. The van der Waals surface area contributed by atoms with Crippen LogP contribution in [0.4, 0.5) is 0 Å². The van der Waals surface area contributed by atoms with Crippen LogP contribution in [0.2, 0.25) is 0 Å². The molecule has 2 fully saturated rings. The lowest BCUT2D eigenvalue weighted by Gasteiger charge is -2.35. The number of hydrogen-bond donors (Lipinski definition) is 0. The van der Waals surface area contributed by atoms with Crippen LogP contribution in [0.3, 0.4) is 0 Å². The molecule has 2 saturated carbocycles. The first kappa shape index (κ1) is 24.4. The highest BCUT2D eigenvalue weighted by Gasteiger charge is 2.35. The summed E-state index contributed by atoms with van der Waals surface area (Å²) in [6.45, 7) is 4.62. The second-order valence-electron chi connectivity index (χ2n) is 10.9. The minimum absolute atomic E-state index is 0.0283. The van der Waals surface area contributed by atoms with Crippen LogP contribution in [0, 0.1) is 28.6 Å². The van der Waals surface area contributed by atoms with Gasteiger partial charge in [0.2, 0.25) is 0 Å². The fourth-order valence-corrected chi connectivity index (χ4v) is 6.24. The van der Waals surface area contributed by atoms with Crippen molar-refractivity contribution in [2.24, 2.45) is 17.3 Å². The number of aryl methyl sites for hydroxylation is 1. The van der Waals surface area contributed by atoms with Gasteiger partial charge in [0.15, 0.2) is 0 Å². The zero-order chi connectivity index (χ0) is 21.9. The number of benzene rings is 1. The first-order chi connectivity index (χ1) is 15.2. The number of hydrogen-bond acceptors (Lipinski definition) is 1. The Labute approximate surface area is 193 Å². The maximum absolute atomic E-state index is 9.88. The molecular formula is C30H47N. The van der Waals surface area contributed by atoms with Crippen molar-refractivity contribution in [3.8, 4) is 6.07 Å². The van der Waals surface area contributed by atoms with Crippen LogP contribution < -0.4 is 0 Å². The predicted molar refractivity (Wildman–Crippen MR) is 133 cm³/mol. The summed E-state index contributed by atoms with van der Waals surface area (Å²) in [5, 5.41) is 9.88. The molecule has 1 nitrogen and oxygen atoms in total. The molecule has 0 bridgehead atoms. The maximum atomic E-state index is 9.88. The molecule has 1 heteroatoms. The number of rotatable bonds is 11. The molecule has 0 heterocycles. The third-order valence-electron chi connectivity index (χ3n) is 8.77. The van der Waals surface area contributed by atoms with Crippen LogP contribution in [0.5, 0.6) is 0 Å². The summed E-state index contributed by atoms with van der Waals surface area (Å²) < 4.78 is 0. The van der Waals surface area contributed by atoms with Gasteiger partial charge in [-0.2, -0.15) is 5.26 Å². The second kappa shape index (κ2) is 12.7. The molecule has 0 amide bonds. The summed E-state index contributed by atoms with van der Waals surface area (Å²) in [6, 6.07) is 12.3. The Morgan fingerprint density at radius 3 is 2.10 bits per heavy atom. The van der Waals surface area contributed by atoms with Crippen molar-refractivity contribution in [2.75, 3.05) is 0 Å².